The molecule has 6 heteroatoms. The van der Waals surface area contributed by atoms with Crippen LogP contribution < -0.4 is 9.46 Å². The molecule has 0 aromatic heterocycles. The molecular formula is C18H18N2O3S. The Morgan fingerprint density at radius 3 is 2.38 bits per heavy atom. The molecule has 0 bridgehead atoms. The highest BCUT2D eigenvalue weighted by Crippen LogP contribution is 2.21. The number of allylic oxidation sites excluding steroid dienone is 1. The van der Waals surface area contributed by atoms with E-state index < -0.39 is 10.0 Å². The lowest BCUT2D eigenvalue weighted by Gasteiger charge is -2.10. The van der Waals surface area contributed by atoms with Gasteiger partial charge in [0.05, 0.1) is 12.8 Å². The Balaban J connectivity index is 2.33. The Hall–Kier alpha value is -2.78. The summed E-state index contributed by atoms with van der Waals surface area (Å²) in [7, 11) is -2.41. The molecular weight excluding hydrogens is 324 g/mol. The van der Waals surface area contributed by atoms with Crippen LogP contribution in [0.5, 0.6) is 5.75 Å². The maximum absolute atomic E-state index is 12.5. The van der Waals surface area contributed by atoms with Crippen LogP contribution in [0.1, 0.15) is 16.7 Å². The van der Waals surface area contributed by atoms with Gasteiger partial charge in [-0.2, -0.15) is 5.26 Å². The van der Waals surface area contributed by atoms with Crippen molar-refractivity contribution in [1.29, 1.82) is 5.26 Å². The van der Waals surface area contributed by atoms with Gasteiger partial charge in [0.25, 0.3) is 10.0 Å². The summed E-state index contributed by atoms with van der Waals surface area (Å²) in [5, 5.41) is 9.25. The lowest BCUT2D eigenvalue weighted by molar-refractivity contribution is 0.415. The summed E-state index contributed by atoms with van der Waals surface area (Å²) in [6, 6.07) is 13.9. The summed E-state index contributed by atoms with van der Waals surface area (Å²) in [4.78, 5) is -0.354. The Morgan fingerprint density at radius 2 is 1.83 bits per heavy atom. The number of sulfonamides is 1. The van der Waals surface area contributed by atoms with Crippen molar-refractivity contribution in [2.75, 3.05) is 11.8 Å². The fraction of sp³-hybridized carbons (Fsp3) is 0.167. The van der Waals surface area contributed by atoms with Gasteiger partial charge < -0.3 is 4.74 Å². The molecule has 0 heterocycles. The molecule has 124 valence electrons. The second-order valence-electron chi connectivity index (χ2n) is 5.32. The van der Waals surface area contributed by atoms with Crippen LogP contribution >= 0.6 is 0 Å². The van der Waals surface area contributed by atoms with Gasteiger partial charge in [0.1, 0.15) is 11.8 Å². The molecule has 0 aliphatic rings. The van der Waals surface area contributed by atoms with Crippen molar-refractivity contribution in [2.45, 2.75) is 13.8 Å². The minimum absolute atomic E-state index is 0.354. The van der Waals surface area contributed by atoms with Crippen molar-refractivity contribution in [3.05, 3.63) is 64.1 Å². The third-order valence-electron chi connectivity index (χ3n) is 3.44. The first-order valence-electron chi connectivity index (χ1n) is 7.21. The zero-order valence-electron chi connectivity index (χ0n) is 13.7. The number of nitrogens with zero attached hydrogens (tertiary/aromatic N) is 1. The number of nitriles is 1. The van der Waals surface area contributed by atoms with E-state index in [1.54, 1.807) is 43.5 Å². The quantitative estimate of drug-likeness (QED) is 0.842. The molecule has 5 nitrogen and oxygen atoms in total. The first-order chi connectivity index (χ1) is 11.4. The number of ether oxygens (including phenoxy) is 1. The molecule has 0 aliphatic heterocycles. The van der Waals surface area contributed by atoms with Gasteiger partial charge in [0.2, 0.25) is 0 Å². The molecule has 1 N–H and O–H groups in total. The predicted octanol–water partition coefficient (Wildman–Crippen LogP) is 3.62. The molecule has 0 amide bonds. The summed E-state index contributed by atoms with van der Waals surface area (Å²) in [6.07, 6.45) is 1.32. The van der Waals surface area contributed by atoms with Crippen LogP contribution in [0.4, 0.5) is 5.69 Å². The molecule has 24 heavy (non-hydrogen) atoms. The van der Waals surface area contributed by atoms with Gasteiger partial charge in [-0.05, 0) is 49.2 Å². The first-order valence-corrected chi connectivity index (χ1v) is 8.70. The van der Waals surface area contributed by atoms with E-state index in [1.807, 2.05) is 26.0 Å². The number of aryl methyl sites for hydroxylation is 2. The molecule has 0 spiro atoms. The number of benzene rings is 2. The van der Waals surface area contributed by atoms with Crippen molar-refractivity contribution in [3.63, 3.8) is 0 Å². The van der Waals surface area contributed by atoms with Gasteiger partial charge in [-0.15, -0.1) is 0 Å². The van der Waals surface area contributed by atoms with E-state index in [2.05, 4.69) is 4.72 Å². The van der Waals surface area contributed by atoms with Gasteiger partial charge in [0, 0.05) is 0 Å². The fourth-order valence-corrected chi connectivity index (χ4v) is 3.19. The van der Waals surface area contributed by atoms with Crippen LogP contribution in [-0.4, -0.2) is 15.5 Å². The summed E-state index contributed by atoms with van der Waals surface area (Å²) in [5.41, 5.74) is 2.87. The molecule has 0 fully saturated rings. The molecule has 0 radical (unpaired) electrons. The van der Waals surface area contributed by atoms with E-state index in [9.17, 15) is 13.7 Å². The lowest BCUT2D eigenvalue weighted by atomic mass is 10.1. The molecule has 0 aliphatic carbocycles. The van der Waals surface area contributed by atoms with Crippen molar-refractivity contribution >= 4 is 21.8 Å². The molecule has 0 atom stereocenters. The SMILES string of the molecule is COc1ccc(/C=C(/C#N)S(=O)(=O)Nc2ccc(C)cc2C)cc1. The maximum atomic E-state index is 12.5. The number of nitrogens with one attached hydrogen (secondary N) is 1. The van der Waals surface area contributed by atoms with E-state index in [1.165, 1.54) is 6.08 Å². The predicted molar refractivity (Wildman–Crippen MR) is 95.0 cm³/mol. The first kappa shape index (κ1) is 17.6. The lowest BCUT2D eigenvalue weighted by Crippen LogP contribution is -2.15. The maximum Gasteiger partial charge on any atom is 0.272 e. The zero-order chi connectivity index (χ0) is 17.7. The molecule has 2 aromatic carbocycles. The van der Waals surface area contributed by atoms with Crippen molar-refractivity contribution < 1.29 is 13.2 Å². The highest BCUT2D eigenvalue weighted by atomic mass is 32.2. The van der Waals surface area contributed by atoms with Gasteiger partial charge in [-0.3, -0.25) is 4.72 Å². The van der Waals surface area contributed by atoms with E-state index >= 15 is 0 Å². The largest absolute Gasteiger partial charge is 0.497 e. The Kier molecular flexibility index (Phi) is 5.27. The molecule has 0 unspecified atom stereocenters. The summed E-state index contributed by atoms with van der Waals surface area (Å²) in [6.45, 7) is 3.74. The second-order valence-corrected chi connectivity index (χ2v) is 6.97. The van der Waals surface area contributed by atoms with Crippen molar-refractivity contribution in [1.82, 2.24) is 0 Å². The number of methoxy groups -OCH3 is 1. The van der Waals surface area contributed by atoms with Gasteiger partial charge >= 0.3 is 0 Å². The smallest absolute Gasteiger partial charge is 0.272 e. The number of anilines is 1. The monoisotopic (exact) mass is 342 g/mol. The summed E-state index contributed by atoms with van der Waals surface area (Å²) >= 11 is 0. The number of rotatable bonds is 5. The number of hydrogen-bond donors (Lipinski definition) is 1. The highest BCUT2D eigenvalue weighted by molar-refractivity contribution is 7.97. The second kappa shape index (κ2) is 7.20. The third kappa shape index (κ3) is 4.15. The van der Waals surface area contributed by atoms with Crippen LogP contribution in [0, 0.1) is 25.2 Å². The Morgan fingerprint density at radius 1 is 1.17 bits per heavy atom. The van der Waals surface area contributed by atoms with Crippen LogP contribution in [0.15, 0.2) is 47.4 Å². The van der Waals surface area contributed by atoms with E-state index in [0.29, 0.717) is 17.0 Å². The molecule has 2 rings (SSSR count). The van der Waals surface area contributed by atoms with Crippen LogP contribution in [0.2, 0.25) is 0 Å². The highest BCUT2D eigenvalue weighted by Gasteiger charge is 2.18. The van der Waals surface area contributed by atoms with E-state index in [-0.39, 0.29) is 4.91 Å². The van der Waals surface area contributed by atoms with Gasteiger partial charge in [-0.25, -0.2) is 8.42 Å². The van der Waals surface area contributed by atoms with Gasteiger partial charge in [-0.1, -0.05) is 29.8 Å². The van der Waals surface area contributed by atoms with Crippen molar-refractivity contribution in [2.24, 2.45) is 0 Å². The van der Waals surface area contributed by atoms with E-state index in [0.717, 1.165) is 11.1 Å². The average molecular weight is 342 g/mol. The van der Waals surface area contributed by atoms with Crippen LogP contribution in [-0.2, 0) is 10.0 Å². The molecule has 0 saturated carbocycles. The van der Waals surface area contributed by atoms with E-state index in [4.69, 9.17) is 4.74 Å². The topological polar surface area (TPSA) is 79.2 Å². The average Bonchev–Trinajstić information content (AvgIpc) is 2.55. The Bertz CT molecular complexity index is 908. The fourth-order valence-electron chi connectivity index (χ4n) is 2.15. The molecule has 2 aromatic rings. The summed E-state index contributed by atoms with van der Waals surface area (Å²) in [5.74, 6) is 0.655. The molecule has 0 saturated heterocycles. The third-order valence-corrected chi connectivity index (χ3v) is 4.72. The normalized spacial score (nSPS) is 11.7. The summed E-state index contributed by atoms with van der Waals surface area (Å²) < 4.78 is 32.5. The van der Waals surface area contributed by atoms with Crippen LogP contribution in [0.3, 0.4) is 0 Å². The standard InChI is InChI=1S/C18H18N2O3S/c1-13-4-9-18(14(2)10-13)20-24(21,22)17(12-19)11-15-5-7-16(23-3)8-6-15/h4-11,20H,1-3H3/b17-11-. The minimum Gasteiger partial charge on any atom is -0.497 e. The Labute approximate surface area is 142 Å². The zero-order valence-corrected chi connectivity index (χ0v) is 14.5. The van der Waals surface area contributed by atoms with Gasteiger partial charge in [0.15, 0.2) is 4.91 Å². The van der Waals surface area contributed by atoms with Crippen molar-refractivity contribution in [3.8, 4) is 11.8 Å². The number of hydrogen-bond acceptors (Lipinski definition) is 4. The van der Waals surface area contributed by atoms with Crippen LogP contribution in [0.25, 0.3) is 6.08 Å². The minimum atomic E-state index is -3.96.